The maximum absolute atomic E-state index is 13.9. The van der Waals surface area contributed by atoms with Gasteiger partial charge in [0.2, 0.25) is 0 Å². The Kier molecular flexibility index (Phi) is 6.67. The van der Waals surface area contributed by atoms with Gasteiger partial charge in [0, 0.05) is 23.2 Å². The molecule has 0 saturated heterocycles. The number of halogens is 3. The van der Waals surface area contributed by atoms with Crippen molar-refractivity contribution in [2.45, 2.75) is 38.0 Å². The molecule has 31 heavy (non-hydrogen) atoms. The third-order valence-corrected chi connectivity index (χ3v) is 4.82. The number of hydrogen-bond acceptors (Lipinski definition) is 2. The van der Waals surface area contributed by atoms with Crippen LogP contribution >= 0.6 is 0 Å². The van der Waals surface area contributed by atoms with Crippen LogP contribution < -0.4 is 5.32 Å². The summed E-state index contributed by atoms with van der Waals surface area (Å²) in [6.07, 6.45) is -3.62. The van der Waals surface area contributed by atoms with Crippen LogP contribution in [0.2, 0.25) is 0 Å². The number of carbonyl (C=O) groups excluding carboxylic acids is 1. The summed E-state index contributed by atoms with van der Waals surface area (Å²) in [6.45, 7) is 1.76. The predicted molar refractivity (Wildman–Crippen MR) is 113 cm³/mol. The molecule has 2 aromatic rings. The average molecular weight is 425 g/mol. The second kappa shape index (κ2) is 9.23. The molecule has 2 aromatic carbocycles. The van der Waals surface area contributed by atoms with E-state index in [1.807, 2.05) is 0 Å². The molecule has 0 spiro atoms. The fraction of sp³-hybridized carbons (Fsp3) is 0.240. The van der Waals surface area contributed by atoms with Gasteiger partial charge in [0.25, 0.3) is 5.91 Å². The zero-order valence-electron chi connectivity index (χ0n) is 17.0. The summed E-state index contributed by atoms with van der Waals surface area (Å²) in [5.41, 5.74) is -2.14. The molecule has 1 aliphatic rings. The number of rotatable bonds is 4. The second-order valence-corrected chi connectivity index (χ2v) is 7.30. The third kappa shape index (κ3) is 5.65. The first kappa shape index (κ1) is 22.4. The molecule has 0 bridgehead atoms. The van der Waals surface area contributed by atoms with Crippen LogP contribution in [0.3, 0.4) is 0 Å². The molecule has 0 saturated carbocycles. The van der Waals surface area contributed by atoms with Crippen molar-refractivity contribution in [1.29, 1.82) is 0 Å². The van der Waals surface area contributed by atoms with Gasteiger partial charge < -0.3 is 10.4 Å². The molecule has 1 atom stereocenters. The number of aliphatic hydroxyl groups is 1. The summed E-state index contributed by atoms with van der Waals surface area (Å²) in [7, 11) is 0. The van der Waals surface area contributed by atoms with Gasteiger partial charge in [-0.3, -0.25) is 4.79 Å². The fourth-order valence-electron chi connectivity index (χ4n) is 3.40. The van der Waals surface area contributed by atoms with Gasteiger partial charge in [-0.2, -0.15) is 13.2 Å². The Hall–Kier alpha value is -3.30. The standard InChI is InChI=1S/C25H22F3NO2/c1-2-9-20-21(25(26,27)28)16-24(31,15-14-18-10-5-3-6-11-18)17-22(20)29-23(30)19-12-7-4-8-13-19/h3-8,10-13,16,31H,2,9,17H2,1H3,(H,29,30). The molecule has 0 aromatic heterocycles. The first-order valence-electron chi connectivity index (χ1n) is 9.91. The molecule has 0 radical (unpaired) electrons. The van der Waals surface area contributed by atoms with Gasteiger partial charge in [-0.1, -0.05) is 61.6 Å². The van der Waals surface area contributed by atoms with Crippen molar-refractivity contribution in [2.24, 2.45) is 0 Å². The smallest absolute Gasteiger partial charge is 0.374 e. The zero-order valence-corrected chi connectivity index (χ0v) is 17.0. The summed E-state index contributed by atoms with van der Waals surface area (Å²) in [5.74, 6) is 4.76. The van der Waals surface area contributed by atoms with Crippen LogP contribution in [0.25, 0.3) is 0 Å². The quantitative estimate of drug-likeness (QED) is 0.666. The predicted octanol–water partition coefficient (Wildman–Crippen LogP) is 5.15. The maximum atomic E-state index is 13.9. The number of allylic oxidation sites excluding steroid dienone is 2. The molecule has 1 aliphatic carbocycles. The van der Waals surface area contributed by atoms with Crippen molar-refractivity contribution >= 4 is 5.91 Å². The minimum absolute atomic E-state index is 0.0227. The highest BCUT2D eigenvalue weighted by molar-refractivity contribution is 5.95. The Morgan fingerprint density at radius 2 is 1.71 bits per heavy atom. The van der Waals surface area contributed by atoms with Gasteiger partial charge in [0.15, 0.2) is 5.60 Å². The van der Waals surface area contributed by atoms with E-state index >= 15 is 0 Å². The SMILES string of the molecule is CCCC1=C(NC(=O)c2ccccc2)CC(O)(C#Cc2ccccc2)C=C1C(F)(F)F. The van der Waals surface area contributed by atoms with Gasteiger partial charge >= 0.3 is 6.18 Å². The summed E-state index contributed by atoms with van der Waals surface area (Å²) < 4.78 is 41.6. The Morgan fingerprint density at radius 1 is 1.10 bits per heavy atom. The lowest BCUT2D eigenvalue weighted by Gasteiger charge is -2.31. The highest BCUT2D eigenvalue weighted by Gasteiger charge is 2.43. The largest absolute Gasteiger partial charge is 0.416 e. The topological polar surface area (TPSA) is 49.3 Å². The van der Waals surface area contributed by atoms with Gasteiger partial charge in [-0.15, -0.1) is 0 Å². The van der Waals surface area contributed by atoms with E-state index in [1.54, 1.807) is 67.6 Å². The molecule has 0 fully saturated rings. The van der Waals surface area contributed by atoms with Crippen molar-refractivity contribution in [1.82, 2.24) is 5.32 Å². The summed E-state index contributed by atoms with van der Waals surface area (Å²) >= 11 is 0. The van der Waals surface area contributed by atoms with Crippen LogP contribution in [0.4, 0.5) is 13.2 Å². The Bertz CT molecular complexity index is 1060. The lowest BCUT2D eigenvalue weighted by molar-refractivity contribution is -0.0917. The van der Waals surface area contributed by atoms with E-state index in [-0.39, 0.29) is 24.1 Å². The zero-order chi connectivity index (χ0) is 22.5. The normalized spacial score (nSPS) is 18.7. The summed E-state index contributed by atoms with van der Waals surface area (Å²) in [5, 5.41) is 13.6. The Morgan fingerprint density at radius 3 is 2.29 bits per heavy atom. The lowest BCUT2D eigenvalue weighted by atomic mass is 9.82. The van der Waals surface area contributed by atoms with Gasteiger partial charge in [-0.05, 0) is 42.3 Å². The molecule has 1 amide bonds. The van der Waals surface area contributed by atoms with E-state index < -0.39 is 23.3 Å². The number of alkyl halides is 3. The molecular weight excluding hydrogens is 403 g/mol. The minimum Gasteiger partial charge on any atom is -0.374 e. The molecule has 1 unspecified atom stereocenters. The van der Waals surface area contributed by atoms with Crippen molar-refractivity contribution in [3.8, 4) is 11.8 Å². The fourth-order valence-corrected chi connectivity index (χ4v) is 3.40. The molecule has 0 aliphatic heterocycles. The number of carbonyl (C=O) groups is 1. The van der Waals surface area contributed by atoms with Crippen molar-refractivity contribution in [3.63, 3.8) is 0 Å². The summed E-state index contributed by atoms with van der Waals surface area (Å²) in [6, 6.07) is 16.9. The van der Waals surface area contributed by atoms with Crippen molar-refractivity contribution < 1.29 is 23.1 Å². The van der Waals surface area contributed by atoms with E-state index in [9.17, 15) is 23.1 Å². The van der Waals surface area contributed by atoms with Crippen LogP contribution in [-0.4, -0.2) is 22.8 Å². The van der Waals surface area contributed by atoms with Crippen molar-refractivity contribution in [2.75, 3.05) is 0 Å². The van der Waals surface area contributed by atoms with E-state index in [4.69, 9.17) is 0 Å². The maximum Gasteiger partial charge on any atom is 0.416 e. The molecule has 0 heterocycles. The average Bonchev–Trinajstić information content (AvgIpc) is 2.75. The highest BCUT2D eigenvalue weighted by Crippen LogP contribution is 2.41. The number of nitrogens with one attached hydrogen (secondary N) is 1. The van der Waals surface area contributed by atoms with Gasteiger partial charge in [0.05, 0.1) is 5.57 Å². The molecular formula is C25H22F3NO2. The number of amides is 1. The third-order valence-electron chi connectivity index (χ3n) is 4.82. The first-order valence-corrected chi connectivity index (χ1v) is 9.91. The first-order chi connectivity index (χ1) is 14.7. The molecule has 6 heteroatoms. The van der Waals surface area contributed by atoms with E-state index in [1.165, 1.54) is 0 Å². The van der Waals surface area contributed by atoms with E-state index in [0.717, 1.165) is 6.08 Å². The van der Waals surface area contributed by atoms with E-state index in [2.05, 4.69) is 17.2 Å². The lowest BCUT2D eigenvalue weighted by Crippen LogP contribution is -2.37. The van der Waals surface area contributed by atoms with Crippen LogP contribution in [0, 0.1) is 11.8 Å². The Balaban J connectivity index is 2.03. The minimum atomic E-state index is -4.70. The van der Waals surface area contributed by atoms with Crippen molar-refractivity contribution in [3.05, 3.63) is 94.7 Å². The van der Waals surface area contributed by atoms with E-state index in [0.29, 0.717) is 17.5 Å². The van der Waals surface area contributed by atoms with Gasteiger partial charge in [0.1, 0.15) is 0 Å². The number of hydrogen-bond donors (Lipinski definition) is 2. The van der Waals surface area contributed by atoms with Crippen LogP contribution in [0.5, 0.6) is 0 Å². The number of benzene rings is 2. The van der Waals surface area contributed by atoms with Gasteiger partial charge in [-0.25, -0.2) is 0 Å². The molecule has 160 valence electrons. The van der Waals surface area contributed by atoms with Crippen LogP contribution in [0.1, 0.15) is 42.1 Å². The Labute approximate surface area is 179 Å². The second-order valence-electron chi connectivity index (χ2n) is 7.30. The highest BCUT2D eigenvalue weighted by atomic mass is 19.4. The molecule has 3 rings (SSSR count). The monoisotopic (exact) mass is 425 g/mol. The molecule has 3 nitrogen and oxygen atoms in total. The van der Waals surface area contributed by atoms with Crippen LogP contribution in [-0.2, 0) is 0 Å². The molecule has 2 N–H and O–H groups in total. The summed E-state index contributed by atoms with van der Waals surface area (Å²) in [4.78, 5) is 12.6. The van der Waals surface area contributed by atoms with Crippen LogP contribution in [0.15, 0.2) is 83.6 Å².